The highest BCUT2D eigenvalue weighted by molar-refractivity contribution is 9.09. The van der Waals surface area contributed by atoms with Crippen LogP contribution in [0, 0.1) is 0 Å². The maximum atomic E-state index is 3.57. The number of nitrogens with zero attached hydrogens (tertiary/aromatic N) is 1. The van der Waals surface area contributed by atoms with Gasteiger partial charge in [0.1, 0.15) is 0 Å². The van der Waals surface area contributed by atoms with Gasteiger partial charge in [-0.15, -0.1) is 0 Å². The summed E-state index contributed by atoms with van der Waals surface area (Å²) in [6, 6.07) is 14.3. The van der Waals surface area contributed by atoms with Gasteiger partial charge in [-0.05, 0) is 73.9 Å². The normalized spacial score (nSPS) is 11.7. The molecule has 0 aliphatic carbocycles. The first-order valence-electron chi connectivity index (χ1n) is 10.4. The van der Waals surface area contributed by atoms with Crippen LogP contribution in [0.4, 0.5) is 0 Å². The Morgan fingerprint density at radius 3 is 1.73 bits per heavy atom. The number of unbranched alkanes of at least 4 members (excludes halogenated alkanes) is 3. The lowest BCUT2D eigenvalue weighted by Crippen LogP contribution is -1.98. The molecule has 0 atom stereocenters. The Morgan fingerprint density at radius 1 is 0.731 bits per heavy atom. The van der Waals surface area contributed by atoms with Gasteiger partial charge in [-0.1, -0.05) is 54.8 Å². The molecule has 26 heavy (non-hydrogen) atoms. The summed E-state index contributed by atoms with van der Waals surface area (Å²) < 4.78 is 2.54. The lowest BCUT2D eigenvalue weighted by Gasteiger charge is -2.08. The molecule has 0 N–H and O–H groups in total. The molecule has 1 nitrogen and oxygen atoms in total. The molecule has 0 spiro atoms. The lowest BCUT2D eigenvalue weighted by atomic mass is 10.0. The van der Waals surface area contributed by atoms with E-state index in [0.717, 1.165) is 11.9 Å². The standard InChI is InChI=1S/C24H32BrN/c1-3-5-9-19-11-13-23-21(17-19)22-18-20(10-6-4-2)12-14-24(22)26(23)16-8-7-15-25/h11-14,17-18H,3-10,15-16H2,1-2H3. The Hall–Kier alpha value is -1.28. The second kappa shape index (κ2) is 9.60. The second-order valence-electron chi connectivity index (χ2n) is 7.46. The molecule has 0 saturated carbocycles. The molecule has 0 radical (unpaired) electrons. The molecule has 3 rings (SSSR count). The first-order valence-corrected chi connectivity index (χ1v) is 11.5. The first-order chi connectivity index (χ1) is 12.8. The molecular formula is C24H32BrN. The number of halogens is 1. The van der Waals surface area contributed by atoms with Gasteiger partial charge < -0.3 is 4.57 Å². The van der Waals surface area contributed by atoms with Crippen molar-refractivity contribution < 1.29 is 0 Å². The van der Waals surface area contributed by atoms with Gasteiger partial charge in [0, 0.05) is 33.7 Å². The van der Waals surface area contributed by atoms with Crippen LogP contribution in [0.5, 0.6) is 0 Å². The number of fused-ring (bicyclic) bond motifs is 3. The van der Waals surface area contributed by atoms with E-state index in [0.29, 0.717) is 0 Å². The van der Waals surface area contributed by atoms with Gasteiger partial charge in [-0.2, -0.15) is 0 Å². The zero-order chi connectivity index (χ0) is 18.4. The van der Waals surface area contributed by atoms with E-state index >= 15 is 0 Å². The van der Waals surface area contributed by atoms with Gasteiger partial charge in [0.05, 0.1) is 0 Å². The van der Waals surface area contributed by atoms with Crippen molar-refractivity contribution in [2.24, 2.45) is 0 Å². The minimum atomic E-state index is 1.09. The average molecular weight is 414 g/mol. The van der Waals surface area contributed by atoms with Crippen LogP contribution in [0.2, 0.25) is 0 Å². The third-order valence-electron chi connectivity index (χ3n) is 5.40. The summed E-state index contributed by atoms with van der Waals surface area (Å²) in [6.07, 6.45) is 9.90. The second-order valence-corrected chi connectivity index (χ2v) is 8.25. The van der Waals surface area contributed by atoms with E-state index in [1.165, 1.54) is 84.3 Å². The number of aromatic nitrogens is 1. The van der Waals surface area contributed by atoms with E-state index in [9.17, 15) is 0 Å². The fourth-order valence-corrected chi connectivity index (χ4v) is 4.27. The van der Waals surface area contributed by atoms with Crippen molar-refractivity contribution in [2.45, 2.75) is 71.8 Å². The van der Waals surface area contributed by atoms with E-state index in [-0.39, 0.29) is 0 Å². The van der Waals surface area contributed by atoms with Crippen LogP contribution >= 0.6 is 15.9 Å². The minimum Gasteiger partial charge on any atom is -0.340 e. The Morgan fingerprint density at radius 2 is 1.27 bits per heavy atom. The van der Waals surface area contributed by atoms with Gasteiger partial charge in [0.25, 0.3) is 0 Å². The van der Waals surface area contributed by atoms with Crippen LogP contribution in [0.15, 0.2) is 36.4 Å². The predicted octanol–water partition coefficient (Wildman–Crippen LogP) is 7.65. The van der Waals surface area contributed by atoms with Crippen molar-refractivity contribution in [3.8, 4) is 0 Å². The molecule has 0 bridgehead atoms. The Kier molecular flexibility index (Phi) is 7.19. The van der Waals surface area contributed by atoms with Gasteiger partial charge >= 0.3 is 0 Å². The molecule has 2 aromatic carbocycles. The molecule has 3 aromatic rings. The highest BCUT2D eigenvalue weighted by Crippen LogP contribution is 2.32. The SMILES string of the molecule is CCCCc1ccc2c(c1)c1cc(CCCC)ccc1n2CCCCBr. The summed E-state index contributed by atoms with van der Waals surface area (Å²) in [5.41, 5.74) is 5.78. The lowest BCUT2D eigenvalue weighted by molar-refractivity contribution is 0.670. The third kappa shape index (κ3) is 4.34. The Labute approximate surface area is 166 Å². The summed E-state index contributed by atoms with van der Waals surface area (Å²) in [7, 11) is 0. The number of alkyl halides is 1. The maximum Gasteiger partial charge on any atom is 0.0491 e. The van der Waals surface area contributed by atoms with Gasteiger partial charge in [-0.3, -0.25) is 0 Å². The summed E-state index contributed by atoms with van der Waals surface area (Å²) >= 11 is 3.57. The largest absolute Gasteiger partial charge is 0.340 e. The smallest absolute Gasteiger partial charge is 0.0491 e. The summed E-state index contributed by atoms with van der Waals surface area (Å²) in [5.74, 6) is 0. The summed E-state index contributed by atoms with van der Waals surface area (Å²) in [5, 5.41) is 3.99. The van der Waals surface area contributed by atoms with Crippen LogP contribution in [0.25, 0.3) is 21.8 Å². The monoisotopic (exact) mass is 413 g/mol. The quantitative estimate of drug-likeness (QED) is 0.237. The average Bonchev–Trinajstić information content (AvgIpc) is 2.97. The van der Waals surface area contributed by atoms with Crippen molar-refractivity contribution >= 4 is 37.7 Å². The molecule has 0 amide bonds. The Balaban J connectivity index is 2.07. The van der Waals surface area contributed by atoms with Crippen LogP contribution in [-0.4, -0.2) is 9.90 Å². The molecule has 2 heteroatoms. The Bertz CT molecular complexity index is 781. The molecule has 0 unspecified atom stereocenters. The van der Waals surface area contributed by atoms with Crippen LogP contribution < -0.4 is 0 Å². The van der Waals surface area contributed by atoms with Crippen molar-refractivity contribution in [2.75, 3.05) is 5.33 Å². The van der Waals surface area contributed by atoms with E-state index in [2.05, 4.69) is 70.7 Å². The fraction of sp³-hybridized carbons (Fsp3) is 0.500. The van der Waals surface area contributed by atoms with Crippen molar-refractivity contribution in [1.29, 1.82) is 0 Å². The number of aryl methyl sites for hydroxylation is 3. The van der Waals surface area contributed by atoms with E-state index in [1.54, 1.807) is 0 Å². The predicted molar refractivity (Wildman–Crippen MR) is 120 cm³/mol. The van der Waals surface area contributed by atoms with Crippen LogP contribution in [-0.2, 0) is 19.4 Å². The molecule has 1 aromatic heterocycles. The van der Waals surface area contributed by atoms with Crippen LogP contribution in [0.1, 0.15) is 63.5 Å². The zero-order valence-corrected chi connectivity index (χ0v) is 17.9. The van der Waals surface area contributed by atoms with Gasteiger partial charge in [-0.25, -0.2) is 0 Å². The van der Waals surface area contributed by atoms with E-state index in [1.807, 2.05) is 0 Å². The van der Waals surface area contributed by atoms with Crippen molar-refractivity contribution in [3.63, 3.8) is 0 Å². The van der Waals surface area contributed by atoms with Gasteiger partial charge in [0.2, 0.25) is 0 Å². The third-order valence-corrected chi connectivity index (χ3v) is 5.96. The van der Waals surface area contributed by atoms with Crippen LogP contribution in [0.3, 0.4) is 0 Å². The van der Waals surface area contributed by atoms with E-state index < -0.39 is 0 Å². The number of hydrogen-bond acceptors (Lipinski definition) is 0. The van der Waals surface area contributed by atoms with E-state index in [4.69, 9.17) is 0 Å². The highest BCUT2D eigenvalue weighted by Gasteiger charge is 2.12. The summed E-state index contributed by atoms with van der Waals surface area (Å²) in [6.45, 7) is 5.65. The number of hydrogen-bond donors (Lipinski definition) is 0. The fourth-order valence-electron chi connectivity index (χ4n) is 3.88. The maximum absolute atomic E-state index is 3.57. The van der Waals surface area contributed by atoms with Crippen molar-refractivity contribution in [3.05, 3.63) is 47.5 Å². The molecule has 0 saturated heterocycles. The molecule has 1 heterocycles. The molecular weight excluding hydrogens is 382 g/mol. The van der Waals surface area contributed by atoms with Gasteiger partial charge in [0.15, 0.2) is 0 Å². The van der Waals surface area contributed by atoms with Crippen molar-refractivity contribution in [1.82, 2.24) is 4.57 Å². The minimum absolute atomic E-state index is 1.09. The topological polar surface area (TPSA) is 4.93 Å². The molecule has 0 aliphatic heterocycles. The number of benzene rings is 2. The molecule has 140 valence electrons. The molecule has 0 aliphatic rings. The zero-order valence-electron chi connectivity index (χ0n) is 16.4. The molecule has 0 fully saturated rings. The highest BCUT2D eigenvalue weighted by atomic mass is 79.9. The summed E-state index contributed by atoms with van der Waals surface area (Å²) in [4.78, 5) is 0. The number of rotatable bonds is 10. The first kappa shape index (κ1) is 19.5.